The monoisotopic (exact) mass is 636 g/mol. The number of halogens is 1. The molecule has 1 N–H and O–H groups in total. The molecule has 11 heteroatoms. The molecule has 3 heterocycles. The normalized spacial score (nSPS) is 20.5. The van der Waals surface area contributed by atoms with Gasteiger partial charge in [-0.25, -0.2) is 19.0 Å². The lowest BCUT2D eigenvalue weighted by atomic mass is 9.85. The van der Waals surface area contributed by atoms with E-state index in [2.05, 4.69) is 5.32 Å². The van der Waals surface area contributed by atoms with Gasteiger partial charge in [-0.3, -0.25) is 4.79 Å². The smallest absolute Gasteiger partial charge is 0.410 e. The molecule has 4 atom stereocenters. The second-order valence-corrected chi connectivity index (χ2v) is 14.6. The van der Waals surface area contributed by atoms with Crippen molar-refractivity contribution in [2.75, 3.05) is 13.1 Å². The lowest BCUT2D eigenvalue weighted by Crippen LogP contribution is -2.57. The molecule has 2 aliphatic heterocycles. The maximum absolute atomic E-state index is 14.3. The molecule has 0 bridgehead atoms. The molecular weight excluding hydrogens is 595 g/mol. The summed E-state index contributed by atoms with van der Waals surface area (Å²) in [6.07, 6.45) is -0.547. The number of carbonyl (C=O) groups excluding carboxylic acids is 3. The van der Waals surface area contributed by atoms with Crippen molar-refractivity contribution in [1.29, 1.82) is 0 Å². The minimum Gasteiger partial charge on any atom is -0.445 e. The number of likely N-dealkylation sites (tertiary alicyclic amines) is 2. The molecule has 3 amide bonds. The number of rotatable bonds is 6. The highest BCUT2D eigenvalue weighted by Crippen LogP contribution is 2.43. The van der Waals surface area contributed by atoms with Crippen molar-refractivity contribution in [2.24, 2.45) is 5.41 Å². The van der Waals surface area contributed by atoms with Gasteiger partial charge in [-0.05, 0) is 62.4 Å². The number of amides is 3. The van der Waals surface area contributed by atoms with Crippen molar-refractivity contribution in [2.45, 2.75) is 84.2 Å². The number of thiazole rings is 1. The number of nitrogens with one attached hydrogen (secondary N) is 1. The zero-order valence-electron chi connectivity index (χ0n) is 26.6. The Bertz CT molecular complexity index is 1520. The van der Waals surface area contributed by atoms with Gasteiger partial charge in [0.1, 0.15) is 29.1 Å². The SMILES string of the molecule is CC(C)(C)OC(=O)N[C@H](C(=O)N1CC[C@@H]2[C@H]1[C@@H](c1csc(-c3ccc(F)cc3)n1)CN2C(=O)OCc1ccccc1)C(C)(C)C. The molecule has 0 aliphatic carbocycles. The average Bonchev–Trinajstić information content (AvgIpc) is 3.70. The molecule has 45 heavy (non-hydrogen) atoms. The Kier molecular flexibility index (Phi) is 9.21. The lowest BCUT2D eigenvalue weighted by molar-refractivity contribution is -0.137. The van der Waals surface area contributed by atoms with Crippen LogP contribution in [-0.2, 0) is 20.9 Å². The first-order valence-electron chi connectivity index (χ1n) is 15.2. The van der Waals surface area contributed by atoms with E-state index >= 15 is 0 Å². The number of carbonyl (C=O) groups is 3. The minimum atomic E-state index is -0.865. The summed E-state index contributed by atoms with van der Waals surface area (Å²) in [7, 11) is 0. The van der Waals surface area contributed by atoms with Gasteiger partial charge in [-0.1, -0.05) is 51.1 Å². The zero-order valence-corrected chi connectivity index (χ0v) is 27.4. The van der Waals surface area contributed by atoms with Crippen molar-refractivity contribution in [3.63, 3.8) is 0 Å². The van der Waals surface area contributed by atoms with Gasteiger partial charge in [0.05, 0.1) is 17.8 Å². The molecular formula is C34H41FN4O5S. The van der Waals surface area contributed by atoms with Crippen LogP contribution in [0.2, 0.25) is 0 Å². The Labute approximate surface area is 267 Å². The van der Waals surface area contributed by atoms with Crippen LogP contribution in [0.4, 0.5) is 14.0 Å². The quantitative estimate of drug-likeness (QED) is 0.328. The first-order valence-corrected chi connectivity index (χ1v) is 16.1. The van der Waals surface area contributed by atoms with Crippen LogP contribution in [0, 0.1) is 11.2 Å². The van der Waals surface area contributed by atoms with Crippen LogP contribution in [0.15, 0.2) is 60.0 Å². The predicted molar refractivity (Wildman–Crippen MR) is 170 cm³/mol. The third kappa shape index (κ3) is 7.46. The average molecular weight is 637 g/mol. The maximum Gasteiger partial charge on any atom is 0.410 e. The van der Waals surface area contributed by atoms with Crippen LogP contribution >= 0.6 is 11.3 Å². The van der Waals surface area contributed by atoms with Crippen molar-refractivity contribution in [3.8, 4) is 10.6 Å². The van der Waals surface area contributed by atoms with Gasteiger partial charge in [-0.2, -0.15) is 0 Å². The number of hydrogen-bond donors (Lipinski definition) is 1. The highest BCUT2D eigenvalue weighted by molar-refractivity contribution is 7.13. The standard InChI is InChI=1S/C34H41FN4O5S/c1-33(2,3)28(37-31(41)44-34(4,5)6)30(40)38-17-16-26-27(38)24(18-39(26)32(42)43-19-21-10-8-7-9-11-21)25-20-45-29(36-25)22-12-14-23(35)15-13-22/h7-15,20,24,26-28H,16-19H2,1-6H3,(H,37,41)/t24-,26-,27-,28-/m1/s1. The fourth-order valence-corrected chi connectivity index (χ4v) is 6.93. The van der Waals surface area contributed by atoms with Gasteiger partial charge >= 0.3 is 12.2 Å². The number of hydrogen-bond acceptors (Lipinski definition) is 7. The van der Waals surface area contributed by atoms with E-state index in [0.29, 0.717) is 19.5 Å². The zero-order chi connectivity index (χ0) is 32.5. The Morgan fingerprint density at radius 2 is 1.71 bits per heavy atom. The highest BCUT2D eigenvalue weighted by Gasteiger charge is 2.55. The van der Waals surface area contributed by atoms with Crippen LogP contribution in [0.25, 0.3) is 10.6 Å². The van der Waals surface area contributed by atoms with E-state index in [1.807, 2.05) is 56.5 Å². The summed E-state index contributed by atoms with van der Waals surface area (Å²) >= 11 is 1.44. The Balaban J connectivity index is 1.43. The van der Waals surface area contributed by atoms with E-state index < -0.39 is 29.2 Å². The Morgan fingerprint density at radius 3 is 2.36 bits per heavy atom. The summed E-state index contributed by atoms with van der Waals surface area (Å²) in [6, 6.07) is 14.1. The minimum absolute atomic E-state index is 0.137. The van der Waals surface area contributed by atoms with E-state index in [4.69, 9.17) is 14.5 Å². The molecule has 5 rings (SSSR count). The molecule has 9 nitrogen and oxygen atoms in total. The molecule has 2 aromatic carbocycles. The topological polar surface area (TPSA) is 101 Å². The van der Waals surface area contributed by atoms with Gasteiger partial charge in [0.15, 0.2) is 0 Å². The summed E-state index contributed by atoms with van der Waals surface area (Å²) in [6.45, 7) is 11.9. The number of alkyl carbamates (subject to hydrolysis) is 1. The highest BCUT2D eigenvalue weighted by atomic mass is 32.1. The van der Waals surface area contributed by atoms with Crippen LogP contribution in [-0.4, -0.2) is 69.7 Å². The van der Waals surface area contributed by atoms with Crippen molar-refractivity contribution in [1.82, 2.24) is 20.1 Å². The van der Waals surface area contributed by atoms with Gasteiger partial charge < -0.3 is 24.6 Å². The van der Waals surface area contributed by atoms with Gasteiger partial charge in [0.2, 0.25) is 5.91 Å². The molecule has 0 saturated carbocycles. The summed E-state index contributed by atoms with van der Waals surface area (Å²) in [4.78, 5) is 49.1. The largest absolute Gasteiger partial charge is 0.445 e. The van der Waals surface area contributed by atoms with Crippen LogP contribution in [0.3, 0.4) is 0 Å². The third-order valence-corrected chi connectivity index (χ3v) is 9.03. The summed E-state index contributed by atoms with van der Waals surface area (Å²) in [5.41, 5.74) is 1.07. The first kappa shape index (κ1) is 32.4. The van der Waals surface area contributed by atoms with E-state index in [1.54, 1.807) is 42.7 Å². The first-order chi connectivity index (χ1) is 21.2. The fraction of sp³-hybridized carbons (Fsp3) is 0.471. The number of aromatic nitrogens is 1. The van der Waals surface area contributed by atoms with E-state index in [0.717, 1.165) is 21.8 Å². The van der Waals surface area contributed by atoms with Crippen molar-refractivity contribution < 1.29 is 28.2 Å². The van der Waals surface area contributed by atoms with Crippen molar-refractivity contribution >= 4 is 29.4 Å². The predicted octanol–water partition coefficient (Wildman–Crippen LogP) is 6.59. The van der Waals surface area contributed by atoms with E-state index in [1.165, 1.54) is 23.5 Å². The number of ether oxygens (including phenoxy) is 2. The summed E-state index contributed by atoms with van der Waals surface area (Å²) < 4.78 is 24.8. The molecule has 240 valence electrons. The van der Waals surface area contributed by atoms with Gasteiger partial charge in [0.25, 0.3) is 0 Å². The van der Waals surface area contributed by atoms with Crippen LogP contribution in [0.1, 0.15) is 65.1 Å². The summed E-state index contributed by atoms with van der Waals surface area (Å²) in [5, 5.41) is 5.49. The molecule has 2 saturated heterocycles. The molecule has 2 aliphatic rings. The Morgan fingerprint density at radius 1 is 1.02 bits per heavy atom. The fourth-order valence-electron chi connectivity index (χ4n) is 6.04. The Hall–Kier alpha value is -3.99. The summed E-state index contributed by atoms with van der Waals surface area (Å²) in [5.74, 6) is -0.856. The molecule has 1 aromatic heterocycles. The van der Waals surface area contributed by atoms with Crippen LogP contribution < -0.4 is 5.32 Å². The maximum atomic E-state index is 14.3. The number of nitrogens with zero attached hydrogens (tertiary/aromatic N) is 3. The number of fused-ring (bicyclic) bond motifs is 1. The van der Waals surface area contributed by atoms with Crippen molar-refractivity contribution in [3.05, 3.63) is 77.1 Å². The lowest BCUT2D eigenvalue weighted by Gasteiger charge is -2.37. The van der Waals surface area contributed by atoms with Crippen LogP contribution in [0.5, 0.6) is 0 Å². The second kappa shape index (κ2) is 12.8. The van der Waals surface area contributed by atoms with Gasteiger partial charge in [0, 0.05) is 30.0 Å². The third-order valence-electron chi connectivity index (χ3n) is 8.12. The van der Waals surface area contributed by atoms with E-state index in [9.17, 15) is 18.8 Å². The molecule has 2 fully saturated rings. The molecule has 0 spiro atoms. The molecule has 0 unspecified atom stereocenters. The van der Waals surface area contributed by atoms with Gasteiger partial charge in [-0.15, -0.1) is 11.3 Å². The molecule has 3 aromatic rings. The number of benzene rings is 2. The van der Waals surface area contributed by atoms with E-state index in [-0.39, 0.29) is 36.3 Å². The molecule has 0 radical (unpaired) electrons. The second-order valence-electron chi connectivity index (χ2n) is 13.7.